The summed E-state index contributed by atoms with van der Waals surface area (Å²) in [6.45, 7) is 0.459. The second kappa shape index (κ2) is 8.19. The van der Waals surface area contributed by atoms with E-state index in [1.165, 1.54) is 12.3 Å². The fourth-order valence-electron chi connectivity index (χ4n) is 2.95. The minimum absolute atomic E-state index is 0.109. The monoisotopic (exact) mass is 396 g/mol. The Labute approximate surface area is 166 Å². The number of aromatic nitrogens is 2. The van der Waals surface area contributed by atoms with Crippen LogP contribution in [0.15, 0.2) is 83.9 Å². The average molecular weight is 397 g/mol. The molecule has 1 aliphatic heterocycles. The first kappa shape index (κ1) is 18.1. The van der Waals surface area contributed by atoms with E-state index in [4.69, 9.17) is 25.8 Å². The summed E-state index contributed by atoms with van der Waals surface area (Å²) in [4.78, 5) is 16.8. The predicted octanol–water partition coefficient (Wildman–Crippen LogP) is 3.91. The van der Waals surface area contributed by atoms with Gasteiger partial charge in [-0.1, -0.05) is 29.8 Å². The van der Waals surface area contributed by atoms with Crippen LogP contribution < -0.4 is 10.3 Å². The zero-order chi connectivity index (χ0) is 19.3. The predicted molar refractivity (Wildman–Crippen MR) is 104 cm³/mol. The molecule has 28 heavy (non-hydrogen) atoms. The Morgan fingerprint density at radius 2 is 2.00 bits per heavy atom. The standard InChI is InChI=1S/C21H17ClN2O4/c22-18-4-2-1-3-17(18)21(19-13-26-14-28-19)24-10-7-16(11-20(24)25)27-12-15-5-8-23-9-6-15/h1-11,13,21H,12,14H2. The van der Waals surface area contributed by atoms with Crippen molar-refractivity contribution >= 4 is 11.6 Å². The van der Waals surface area contributed by atoms with Crippen molar-refractivity contribution < 1.29 is 14.2 Å². The second-order valence-corrected chi connectivity index (χ2v) is 6.53. The lowest BCUT2D eigenvalue weighted by atomic mass is 10.0. The van der Waals surface area contributed by atoms with Crippen LogP contribution in [-0.2, 0) is 16.1 Å². The van der Waals surface area contributed by atoms with E-state index in [1.807, 2.05) is 30.3 Å². The Bertz CT molecular complexity index is 1050. The van der Waals surface area contributed by atoms with E-state index in [0.29, 0.717) is 23.1 Å². The van der Waals surface area contributed by atoms with Gasteiger partial charge in [-0.3, -0.25) is 9.78 Å². The molecule has 7 heteroatoms. The summed E-state index contributed by atoms with van der Waals surface area (Å²) in [7, 11) is 0. The van der Waals surface area contributed by atoms with Crippen LogP contribution in [0, 0.1) is 0 Å². The Kier molecular flexibility index (Phi) is 5.30. The number of pyridine rings is 2. The number of benzene rings is 1. The molecule has 1 unspecified atom stereocenters. The lowest BCUT2D eigenvalue weighted by Crippen LogP contribution is -2.26. The van der Waals surface area contributed by atoms with Crippen molar-refractivity contribution in [1.29, 1.82) is 0 Å². The molecular weight excluding hydrogens is 380 g/mol. The Morgan fingerprint density at radius 1 is 1.18 bits per heavy atom. The van der Waals surface area contributed by atoms with E-state index in [-0.39, 0.29) is 12.4 Å². The van der Waals surface area contributed by atoms with Gasteiger partial charge in [0.15, 0.2) is 5.76 Å². The van der Waals surface area contributed by atoms with Gasteiger partial charge in [0.2, 0.25) is 6.79 Å². The van der Waals surface area contributed by atoms with Gasteiger partial charge < -0.3 is 18.8 Å². The summed E-state index contributed by atoms with van der Waals surface area (Å²) in [6.07, 6.45) is 6.57. The number of rotatable bonds is 6. The van der Waals surface area contributed by atoms with Crippen molar-refractivity contribution in [2.24, 2.45) is 0 Å². The molecule has 0 spiro atoms. The molecule has 0 radical (unpaired) electrons. The molecule has 0 saturated carbocycles. The lowest BCUT2D eigenvalue weighted by molar-refractivity contribution is 0.0735. The van der Waals surface area contributed by atoms with Gasteiger partial charge in [-0.05, 0) is 29.8 Å². The zero-order valence-corrected chi connectivity index (χ0v) is 15.6. The summed E-state index contributed by atoms with van der Waals surface area (Å²) >= 11 is 6.38. The first-order chi connectivity index (χ1) is 13.7. The van der Waals surface area contributed by atoms with Crippen molar-refractivity contribution in [2.75, 3.05) is 6.79 Å². The fourth-order valence-corrected chi connectivity index (χ4v) is 3.19. The molecule has 3 aromatic rings. The van der Waals surface area contributed by atoms with Gasteiger partial charge in [0.05, 0.1) is 0 Å². The highest BCUT2D eigenvalue weighted by atomic mass is 35.5. The molecule has 6 nitrogen and oxygen atoms in total. The summed E-state index contributed by atoms with van der Waals surface area (Å²) < 4.78 is 18.0. The van der Waals surface area contributed by atoms with Crippen molar-refractivity contribution in [3.05, 3.63) is 106 Å². The van der Waals surface area contributed by atoms with E-state index < -0.39 is 6.04 Å². The summed E-state index contributed by atoms with van der Waals surface area (Å²) in [5, 5.41) is 0.536. The van der Waals surface area contributed by atoms with Crippen LogP contribution in [0.25, 0.3) is 0 Å². The molecule has 4 rings (SSSR count). The maximum atomic E-state index is 12.8. The molecular formula is C21H17ClN2O4. The van der Waals surface area contributed by atoms with Crippen LogP contribution >= 0.6 is 11.6 Å². The highest BCUT2D eigenvalue weighted by Gasteiger charge is 2.26. The fraction of sp³-hybridized carbons (Fsp3) is 0.143. The van der Waals surface area contributed by atoms with Crippen LogP contribution in [0.1, 0.15) is 17.2 Å². The van der Waals surface area contributed by atoms with Crippen LogP contribution in [0.3, 0.4) is 0 Å². The van der Waals surface area contributed by atoms with E-state index in [1.54, 1.807) is 35.3 Å². The van der Waals surface area contributed by atoms with Gasteiger partial charge in [-0.15, -0.1) is 0 Å². The molecule has 0 amide bonds. The van der Waals surface area contributed by atoms with Gasteiger partial charge >= 0.3 is 0 Å². The Morgan fingerprint density at radius 3 is 2.71 bits per heavy atom. The van der Waals surface area contributed by atoms with Crippen molar-refractivity contribution in [1.82, 2.24) is 9.55 Å². The second-order valence-electron chi connectivity index (χ2n) is 6.13. The van der Waals surface area contributed by atoms with Crippen LogP contribution in [-0.4, -0.2) is 16.3 Å². The number of ether oxygens (including phenoxy) is 3. The minimum Gasteiger partial charge on any atom is -0.489 e. The topological polar surface area (TPSA) is 62.6 Å². The number of nitrogens with zero attached hydrogens (tertiary/aromatic N) is 2. The smallest absolute Gasteiger partial charge is 0.255 e. The van der Waals surface area contributed by atoms with E-state index in [9.17, 15) is 4.79 Å². The highest BCUT2D eigenvalue weighted by Crippen LogP contribution is 2.33. The largest absolute Gasteiger partial charge is 0.489 e. The van der Waals surface area contributed by atoms with Crippen LogP contribution in [0.2, 0.25) is 5.02 Å². The molecule has 1 aromatic carbocycles. The number of hydrogen-bond acceptors (Lipinski definition) is 5. The highest BCUT2D eigenvalue weighted by molar-refractivity contribution is 6.31. The maximum Gasteiger partial charge on any atom is 0.255 e. The van der Waals surface area contributed by atoms with Crippen molar-refractivity contribution in [3.63, 3.8) is 0 Å². The molecule has 0 aliphatic carbocycles. The van der Waals surface area contributed by atoms with Gasteiger partial charge in [0.1, 0.15) is 24.7 Å². The first-order valence-electron chi connectivity index (χ1n) is 8.65. The molecule has 3 heterocycles. The molecule has 1 aliphatic rings. The van der Waals surface area contributed by atoms with Crippen molar-refractivity contribution in [3.8, 4) is 5.75 Å². The Hall–Kier alpha value is -3.25. The third-order valence-electron chi connectivity index (χ3n) is 4.32. The van der Waals surface area contributed by atoms with E-state index >= 15 is 0 Å². The quantitative estimate of drug-likeness (QED) is 0.632. The number of hydrogen-bond donors (Lipinski definition) is 0. The minimum atomic E-state index is -0.530. The lowest BCUT2D eigenvalue weighted by Gasteiger charge is -2.21. The molecule has 0 bridgehead atoms. The van der Waals surface area contributed by atoms with E-state index in [2.05, 4.69) is 4.98 Å². The molecule has 0 saturated heterocycles. The SMILES string of the molecule is O=c1cc(OCc2ccncc2)ccn1C(C1=COCO1)c1ccccc1Cl. The first-order valence-corrected chi connectivity index (χ1v) is 9.03. The normalized spacial score (nSPS) is 14.0. The summed E-state index contributed by atoms with van der Waals surface area (Å²) in [5.41, 5.74) is 1.47. The molecule has 0 fully saturated rings. The molecule has 0 N–H and O–H groups in total. The van der Waals surface area contributed by atoms with Gasteiger partial charge in [0.25, 0.3) is 5.56 Å². The summed E-state index contributed by atoms with van der Waals surface area (Å²) in [6, 6.07) is 13.7. The third-order valence-corrected chi connectivity index (χ3v) is 4.66. The maximum absolute atomic E-state index is 12.8. The van der Waals surface area contributed by atoms with Crippen LogP contribution in [0.5, 0.6) is 5.75 Å². The molecule has 1 atom stereocenters. The number of allylic oxidation sites excluding steroid dienone is 1. The van der Waals surface area contributed by atoms with Crippen LogP contribution in [0.4, 0.5) is 0 Å². The number of halogens is 1. The summed E-state index contributed by atoms with van der Waals surface area (Å²) in [5.74, 6) is 0.995. The zero-order valence-electron chi connectivity index (χ0n) is 14.8. The van der Waals surface area contributed by atoms with Crippen molar-refractivity contribution in [2.45, 2.75) is 12.6 Å². The average Bonchev–Trinajstić information content (AvgIpc) is 3.25. The molecule has 2 aromatic heterocycles. The van der Waals surface area contributed by atoms with E-state index in [0.717, 1.165) is 11.1 Å². The molecule has 142 valence electrons. The van der Waals surface area contributed by atoms with Gasteiger partial charge in [0, 0.05) is 35.2 Å². The van der Waals surface area contributed by atoms with Gasteiger partial charge in [-0.25, -0.2) is 0 Å². The van der Waals surface area contributed by atoms with Gasteiger partial charge in [-0.2, -0.15) is 0 Å². The third kappa shape index (κ3) is 3.87. The Balaban J connectivity index is 1.64.